The molecule has 2 fully saturated rings. The third kappa shape index (κ3) is 4.84. The average molecular weight is 434 g/mol. The number of fused-ring (bicyclic) bond motifs is 1. The van der Waals surface area contributed by atoms with Crippen molar-refractivity contribution in [1.29, 1.82) is 0 Å². The lowest BCUT2D eigenvalue weighted by Crippen LogP contribution is -2.40. The van der Waals surface area contributed by atoms with E-state index in [1.807, 2.05) is 31.7 Å². The maximum atomic E-state index is 12.9. The van der Waals surface area contributed by atoms with Crippen LogP contribution in [0.5, 0.6) is 0 Å². The molecule has 1 aliphatic carbocycles. The van der Waals surface area contributed by atoms with Crippen LogP contribution in [-0.4, -0.2) is 58.4 Å². The number of carbonyl (C=O) groups excluding carboxylic acids is 1. The van der Waals surface area contributed by atoms with Crippen LogP contribution < -0.4 is 5.32 Å². The summed E-state index contributed by atoms with van der Waals surface area (Å²) >= 11 is 0. The summed E-state index contributed by atoms with van der Waals surface area (Å²) in [5.74, 6) is 1.50. The normalized spacial score (nSPS) is 22.2. The van der Waals surface area contributed by atoms with Crippen LogP contribution in [0.1, 0.15) is 25.7 Å². The third-order valence-corrected chi connectivity index (χ3v) is 6.85. The molecule has 1 saturated heterocycles. The van der Waals surface area contributed by atoms with E-state index in [0.29, 0.717) is 11.7 Å². The molecule has 3 aromatic rings. The molecule has 0 radical (unpaired) electrons. The second kappa shape index (κ2) is 9.38. The Balaban J connectivity index is 1.20. The number of aryl methyl sites for hydroxylation is 1. The van der Waals surface area contributed by atoms with Crippen LogP contribution in [0, 0.1) is 11.8 Å². The van der Waals surface area contributed by atoms with Crippen molar-refractivity contribution < 1.29 is 9.53 Å². The van der Waals surface area contributed by atoms with Gasteiger partial charge in [0.15, 0.2) is 0 Å². The molecule has 0 bridgehead atoms. The molecular weight excluding hydrogens is 402 g/mol. The SMILES string of the molecule is Cn1cc(-c2ccc3cnc(NC(=O)[C@H]4CC[C@H](CN5CCOCC5)CC4)cc3c2)cn1. The first-order valence-corrected chi connectivity index (χ1v) is 11.6. The van der Waals surface area contributed by atoms with Gasteiger partial charge in [-0.1, -0.05) is 12.1 Å². The summed E-state index contributed by atoms with van der Waals surface area (Å²) in [6.45, 7) is 4.91. The van der Waals surface area contributed by atoms with Gasteiger partial charge in [0.2, 0.25) is 5.91 Å². The fraction of sp³-hybridized carbons (Fsp3) is 0.480. The van der Waals surface area contributed by atoms with Crippen molar-refractivity contribution in [2.45, 2.75) is 25.7 Å². The highest BCUT2D eigenvalue weighted by atomic mass is 16.5. The minimum atomic E-state index is 0.0789. The average Bonchev–Trinajstić information content (AvgIpc) is 3.26. The second-order valence-electron chi connectivity index (χ2n) is 9.15. The summed E-state index contributed by atoms with van der Waals surface area (Å²) < 4.78 is 7.25. The van der Waals surface area contributed by atoms with E-state index in [1.54, 1.807) is 4.68 Å². The predicted molar refractivity (Wildman–Crippen MR) is 125 cm³/mol. The molecule has 168 valence electrons. The number of morpholine rings is 1. The fourth-order valence-corrected chi connectivity index (χ4v) is 4.94. The maximum absolute atomic E-state index is 12.9. The zero-order valence-corrected chi connectivity index (χ0v) is 18.7. The summed E-state index contributed by atoms with van der Waals surface area (Å²) in [6.07, 6.45) is 9.85. The Morgan fingerprint density at radius 2 is 1.88 bits per heavy atom. The van der Waals surface area contributed by atoms with E-state index in [2.05, 4.69) is 38.5 Å². The first-order valence-electron chi connectivity index (χ1n) is 11.6. The first-order chi connectivity index (χ1) is 15.6. The van der Waals surface area contributed by atoms with Gasteiger partial charge in [0.1, 0.15) is 5.82 Å². The Morgan fingerprint density at radius 3 is 2.62 bits per heavy atom. The largest absolute Gasteiger partial charge is 0.379 e. The molecule has 5 rings (SSSR count). The molecule has 32 heavy (non-hydrogen) atoms. The number of nitrogens with one attached hydrogen (secondary N) is 1. The minimum absolute atomic E-state index is 0.0789. The Hall–Kier alpha value is -2.77. The molecule has 3 heterocycles. The summed E-state index contributed by atoms with van der Waals surface area (Å²) in [6, 6.07) is 8.23. The van der Waals surface area contributed by atoms with Crippen molar-refractivity contribution in [3.05, 3.63) is 42.9 Å². The van der Waals surface area contributed by atoms with Crippen molar-refractivity contribution in [2.75, 3.05) is 38.2 Å². The lowest BCUT2D eigenvalue weighted by molar-refractivity contribution is -0.121. The summed E-state index contributed by atoms with van der Waals surface area (Å²) in [7, 11) is 1.91. The third-order valence-electron chi connectivity index (χ3n) is 6.85. The number of pyridine rings is 1. The highest BCUT2D eigenvalue weighted by Gasteiger charge is 2.28. The van der Waals surface area contributed by atoms with Gasteiger partial charge in [0.25, 0.3) is 0 Å². The first kappa shape index (κ1) is 21.1. The van der Waals surface area contributed by atoms with Crippen LogP contribution >= 0.6 is 0 Å². The summed E-state index contributed by atoms with van der Waals surface area (Å²) in [5.41, 5.74) is 2.18. The van der Waals surface area contributed by atoms with Crippen LogP contribution in [-0.2, 0) is 16.6 Å². The van der Waals surface area contributed by atoms with Crippen LogP contribution in [0.25, 0.3) is 21.9 Å². The number of aromatic nitrogens is 3. The topological polar surface area (TPSA) is 72.3 Å². The Kier molecular flexibility index (Phi) is 6.19. The van der Waals surface area contributed by atoms with Crippen molar-refractivity contribution in [3.8, 4) is 11.1 Å². The molecular formula is C25H31N5O2. The van der Waals surface area contributed by atoms with Gasteiger partial charge in [0.05, 0.1) is 19.4 Å². The number of hydrogen-bond donors (Lipinski definition) is 1. The number of ether oxygens (including phenoxy) is 1. The molecule has 1 aromatic carbocycles. The standard InChI is InChI=1S/C25H31N5O2/c1-29-17-23(15-27-29)20-6-7-21-14-26-24(13-22(21)12-20)28-25(31)19-4-2-18(3-5-19)16-30-8-10-32-11-9-30/h6-7,12-15,17-19H,2-5,8-11,16H2,1H3,(H,26,28,31)/t18-,19-. The van der Waals surface area contributed by atoms with Gasteiger partial charge in [-0.25, -0.2) is 4.98 Å². The van der Waals surface area contributed by atoms with Gasteiger partial charge >= 0.3 is 0 Å². The van der Waals surface area contributed by atoms with Crippen LogP contribution in [0.15, 0.2) is 42.9 Å². The number of anilines is 1. The summed E-state index contributed by atoms with van der Waals surface area (Å²) in [4.78, 5) is 19.9. The van der Waals surface area contributed by atoms with Gasteiger partial charge in [-0.15, -0.1) is 0 Å². The van der Waals surface area contributed by atoms with Gasteiger partial charge < -0.3 is 10.1 Å². The highest BCUT2D eigenvalue weighted by Crippen LogP contribution is 2.31. The van der Waals surface area contributed by atoms with E-state index in [-0.39, 0.29) is 11.8 Å². The number of amides is 1. The van der Waals surface area contributed by atoms with Crippen LogP contribution in [0.3, 0.4) is 0 Å². The van der Waals surface area contributed by atoms with Crippen LogP contribution in [0.4, 0.5) is 5.82 Å². The molecule has 1 amide bonds. The van der Waals surface area contributed by atoms with Gasteiger partial charge in [-0.2, -0.15) is 5.10 Å². The number of rotatable bonds is 5. The Morgan fingerprint density at radius 1 is 1.06 bits per heavy atom. The fourth-order valence-electron chi connectivity index (χ4n) is 4.94. The molecule has 7 nitrogen and oxygen atoms in total. The van der Waals surface area contributed by atoms with Crippen molar-refractivity contribution in [1.82, 2.24) is 19.7 Å². The van der Waals surface area contributed by atoms with E-state index < -0.39 is 0 Å². The lowest BCUT2D eigenvalue weighted by Gasteiger charge is -2.34. The molecule has 0 unspecified atom stereocenters. The molecule has 1 aliphatic heterocycles. The quantitative estimate of drug-likeness (QED) is 0.664. The number of benzene rings is 1. The molecule has 1 saturated carbocycles. The Labute approximate surface area is 188 Å². The van der Waals surface area contributed by atoms with Gasteiger partial charge in [0, 0.05) is 55.9 Å². The minimum Gasteiger partial charge on any atom is -0.379 e. The molecule has 0 atom stereocenters. The smallest absolute Gasteiger partial charge is 0.228 e. The number of nitrogens with zero attached hydrogens (tertiary/aromatic N) is 4. The number of carbonyl (C=O) groups is 1. The summed E-state index contributed by atoms with van der Waals surface area (Å²) in [5, 5.41) is 9.44. The highest BCUT2D eigenvalue weighted by molar-refractivity contribution is 5.95. The van der Waals surface area contributed by atoms with E-state index in [9.17, 15) is 4.79 Å². The Bertz CT molecular complexity index is 1080. The van der Waals surface area contributed by atoms with Crippen LogP contribution in [0.2, 0.25) is 0 Å². The van der Waals surface area contributed by atoms with E-state index in [0.717, 1.165) is 80.4 Å². The molecule has 0 spiro atoms. The second-order valence-corrected chi connectivity index (χ2v) is 9.15. The maximum Gasteiger partial charge on any atom is 0.228 e. The van der Waals surface area contributed by atoms with Gasteiger partial charge in [-0.3, -0.25) is 14.4 Å². The zero-order chi connectivity index (χ0) is 21.9. The zero-order valence-electron chi connectivity index (χ0n) is 18.7. The monoisotopic (exact) mass is 433 g/mol. The van der Waals surface area contributed by atoms with Crippen molar-refractivity contribution in [2.24, 2.45) is 18.9 Å². The van der Waals surface area contributed by atoms with Crippen molar-refractivity contribution in [3.63, 3.8) is 0 Å². The molecule has 2 aliphatic rings. The number of hydrogen-bond acceptors (Lipinski definition) is 5. The molecule has 1 N–H and O–H groups in total. The van der Waals surface area contributed by atoms with Gasteiger partial charge in [-0.05, 0) is 54.7 Å². The predicted octanol–water partition coefficient (Wildman–Crippen LogP) is 3.71. The van der Waals surface area contributed by atoms with E-state index >= 15 is 0 Å². The molecule has 7 heteroatoms. The van der Waals surface area contributed by atoms with E-state index in [1.165, 1.54) is 0 Å². The van der Waals surface area contributed by atoms with Crippen molar-refractivity contribution >= 4 is 22.5 Å². The lowest BCUT2D eigenvalue weighted by atomic mass is 9.81. The van der Waals surface area contributed by atoms with E-state index in [4.69, 9.17) is 4.74 Å². The molecule has 2 aromatic heterocycles.